The number of nitrogens with zero attached hydrogens (tertiary/aromatic N) is 4. The molecule has 0 radical (unpaired) electrons. The molecule has 0 unspecified atom stereocenters. The molecular weight excluding hydrogens is 360 g/mol. The van der Waals surface area contributed by atoms with Gasteiger partial charge in [-0.05, 0) is 50.5 Å². The van der Waals surface area contributed by atoms with Crippen molar-refractivity contribution in [3.63, 3.8) is 0 Å². The van der Waals surface area contributed by atoms with Crippen LogP contribution in [-0.4, -0.2) is 56.9 Å². The molecule has 1 aromatic carbocycles. The third-order valence-electron chi connectivity index (χ3n) is 5.08. The van der Waals surface area contributed by atoms with E-state index < -0.39 is 6.09 Å². The first kappa shape index (κ1) is 20.1. The lowest BCUT2D eigenvalue weighted by Gasteiger charge is -2.38. The Bertz CT molecular complexity index is 850. The summed E-state index contributed by atoms with van der Waals surface area (Å²) in [6.45, 7) is 10.5. The maximum atomic E-state index is 11.3. The van der Waals surface area contributed by atoms with Crippen molar-refractivity contribution in [3.8, 4) is 0 Å². The minimum Gasteiger partial charge on any atom is -0.465 e. The number of rotatable bonds is 5. The Labute approximate surface area is 164 Å². The number of benzene rings is 1. The van der Waals surface area contributed by atoms with E-state index in [-0.39, 0.29) is 12.1 Å². The third kappa shape index (κ3) is 4.42. The third-order valence-corrected chi connectivity index (χ3v) is 5.08. The van der Waals surface area contributed by atoms with Gasteiger partial charge in [-0.1, -0.05) is 11.2 Å². The van der Waals surface area contributed by atoms with Crippen LogP contribution in [0.1, 0.15) is 42.5 Å². The fraction of sp³-hybridized carbons (Fsp3) is 0.526. The Morgan fingerprint density at radius 2 is 2.14 bits per heavy atom. The molecule has 4 N–H and O–H groups in total. The normalized spacial score (nSPS) is 18.9. The summed E-state index contributed by atoms with van der Waals surface area (Å²) in [5.74, 6) is 0.387. The van der Waals surface area contributed by atoms with Crippen LogP contribution < -0.4 is 11.1 Å². The van der Waals surface area contributed by atoms with E-state index in [1.54, 1.807) is 6.92 Å². The first-order valence-corrected chi connectivity index (χ1v) is 9.42. The van der Waals surface area contributed by atoms with E-state index in [1.165, 1.54) is 10.5 Å². The highest BCUT2D eigenvalue weighted by molar-refractivity contribution is 5.65. The van der Waals surface area contributed by atoms with Crippen LogP contribution in [0.5, 0.6) is 0 Å². The summed E-state index contributed by atoms with van der Waals surface area (Å²) in [6, 6.07) is 4.18. The average Bonchev–Trinajstić information content (AvgIpc) is 3.07. The number of piperazine rings is 1. The summed E-state index contributed by atoms with van der Waals surface area (Å²) in [4.78, 5) is 15.0. The summed E-state index contributed by atoms with van der Waals surface area (Å²) < 4.78 is 5.55. The summed E-state index contributed by atoms with van der Waals surface area (Å²) in [7, 11) is 0. The molecular formula is C19H28N6O3. The molecule has 2 heterocycles. The maximum Gasteiger partial charge on any atom is 0.407 e. The highest BCUT2D eigenvalue weighted by Gasteiger charge is 2.27. The fourth-order valence-electron chi connectivity index (χ4n) is 3.51. The van der Waals surface area contributed by atoms with Crippen molar-refractivity contribution in [1.82, 2.24) is 20.0 Å². The molecule has 2 aromatic rings. The zero-order valence-corrected chi connectivity index (χ0v) is 16.8. The van der Waals surface area contributed by atoms with E-state index in [0.717, 1.165) is 23.4 Å². The molecule has 1 aliphatic heterocycles. The zero-order chi connectivity index (χ0) is 20.4. The van der Waals surface area contributed by atoms with Gasteiger partial charge in [-0.2, -0.15) is 0 Å². The molecule has 152 valence electrons. The monoisotopic (exact) mass is 388 g/mol. The van der Waals surface area contributed by atoms with Crippen molar-refractivity contribution in [3.05, 3.63) is 34.7 Å². The smallest absolute Gasteiger partial charge is 0.407 e. The lowest BCUT2D eigenvalue weighted by molar-refractivity contribution is 0.0710. The molecule has 1 saturated heterocycles. The van der Waals surface area contributed by atoms with Gasteiger partial charge in [0.2, 0.25) is 5.89 Å². The van der Waals surface area contributed by atoms with E-state index in [9.17, 15) is 9.90 Å². The molecule has 0 saturated carbocycles. The van der Waals surface area contributed by atoms with Gasteiger partial charge >= 0.3 is 12.1 Å². The molecule has 2 atom stereocenters. The van der Waals surface area contributed by atoms with Crippen LogP contribution in [0.25, 0.3) is 0 Å². The highest BCUT2D eigenvalue weighted by atomic mass is 16.4. The molecule has 9 nitrogen and oxygen atoms in total. The number of aryl methyl sites for hydroxylation is 1. The quantitative estimate of drug-likeness (QED) is 0.715. The zero-order valence-electron chi connectivity index (χ0n) is 16.8. The number of anilines is 2. The molecule has 0 aliphatic carbocycles. The SMILES string of the molecule is Cc1cc(CN2CCN(C(=O)O)[C@@H](C)C2)c(C)c(Nc2nnc([C@H](C)N)o2)c1. The van der Waals surface area contributed by atoms with E-state index >= 15 is 0 Å². The Kier molecular flexibility index (Phi) is 5.85. The number of nitrogens with one attached hydrogen (secondary N) is 1. The molecule has 3 rings (SSSR count). The van der Waals surface area contributed by atoms with E-state index in [2.05, 4.69) is 33.4 Å². The Morgan fingerprint density at radius 3 is 2.75 bits per heavy atom. The van der Waals surface area contributed by atoms with Crippen LogP contribution >= 0.6 is 0 Å². The van der Waals surface area contributed by atoms with Gasteiger partial charge in [-0.15, -0.1) is 5.10 Å². The van der Waals surface area contributed by atoms with E-state index in [1.807, 2.05) is 19.9 Å². The number of hydrogen-bond donors (Lipinski definition) is 3. The first-order chi connectivity index (χ1) is 13.2. The number of carbonyl (C=O) groups is 1. The second-order valence-corrected chi connectivity index (χ2v) is 7.52. The minimum absolute atomic E-state index is 0.0240. The van der Waals surface area contributed by atoms with Crippen molar-refractivity contribution in [1.29, 1.82) is 0 Å². The first-order valence-electron chi connectivity index (χ1n) is 9.42. The van der Waals surface area contributed by atoms with Gasteiger partial charge < -0.3 is 25.5 Å². The number of aromatic nitrogens is 2. The standard InChI is InChI=1S/C19H28N6O3/c1-11-7-15(10-24-5-6-25(19(26)27)12(2)9-24)13(3)16(8-11)21-18-23-22-17(28-18)14(4)20/h7-8,12,14H,5-6,9-10,20H2,1-4H3,(H,21,23)(H,26,27)/t12-,14-/m0/s1. The van der Waals surface area contributed by atoms with Gasteiger partial charge in [0.25, 0.3) is 0 Å². The predicted molar refractivity (Wildman–Crippen MR) is 106 cm³/mol. The molecule has 0 spiro atoms. The van der Waals surface area contributed by atoms with Crippen LogP contribution in [0.2, 0.25) is 0 Å². The Hall–Kier alpha value is -2.65. The topological polar surface area (TPSA) is 121 Å². The van der Waals surface area contributed by atoms with Gasteiger partial charge in [0, 0.05) is 37.9 Å². The number of carboxylic acid groups (broad SMARTS) is 1. The maximum absolute atomic E-state index is 11.3. The van der Waals surface area contributed by atoms with Crippen molar-refractivity contribution in [2.24, 2.45) is 5.73 Å². The van der Waals surface area contributed by atoms with Crippen LogP contribution in [0.4, 0.5) is 16.5 Å². The van der Waals surface area contributed by atoms with E-state index in [0.29, 0.717) is 31.5 Å². The van der Waals surface area contributed by atoms with Gasteiger partial charge in [0.1, 0.15) is 0 Å². The summed E-state index contributed by atoms with van der Waals surface area (Å²) >= 11 is 0. The van der Waals surface area contributed by atoms with Gasteiger partial charge in [-0.3, -0.25) is 4.90 Å². The van der Waals surface area contributed by atoms with Crippen molar-refractivity contribution in [2.75, 3.05) is 25.0 Å². The molecule has 1 aromatic heterocycles. The number of hydrogen-bond acceptors (Lipinski definition) is 7. The Morgan fingerprint density at radius 1 is 1.39 bits per heavy atom. The Balaban J connectivity index is 1.74. The second kappa shape index (κ2) is 8.15. The van der Waals surface area contributed by atoms with Gasteiger partial charge in [-0.25, -0.2) is 4.79 Å². The largest absolute Gasteiger partial charge is 0.465 e. The number of nitrogens with two attached hydrogens (primary N) is 1. The molecule has 1 amide bonds. The van der Waals surface area contributed by atoms with Crippen LogP contribution in [0, 0.1) is 13.8 Å². The number of amides is 1. The minimum atomic E-state index is -0.851. The van der Waals surface area contributed by atoms with Gasteiger partial charge in [0.15, 0.2) is 0 Å². The second-order valence-electron chi connectivity index (χ2n) is 7.52. The summed E-state index contributed by atoms with van der Waals surface area (Å²) in [5, 5.41) is 20.4. The lowest BCUT2D eigenvalue weighted by atomic mass is 10.0. The highest BCUT2D eigenvalue weighted by Crippen LogP contribution is 2.27. The predicted octanol–water partition coefficient (Wildman–Crippen LogP) is 2.63. The van der Waals surface area contributed by atoms with E-state index in [4.69, 9.17) is 10.2 Å². The van der Waals surface area contributed by atoms with Crippen molar-refractivity contribution >= 4 is 17.8 Å². The van der Waals surface area contributed by atoms with Gasteiger partial charge in [0.05, 0.1) is 6.04 Å². The fourth-order valence-corrected chi connectivity index (χ4v) is 3.51. The molecule has 1 fully saturated rings. The van der Waals surface area contributed by atoms with Crippen molar-refractivity contribution in [2.45, 2.75) is 46.3 Å². The molecule has 0 bridgehead atoms. The van der Waals surface area contributed by atoms with Crippen LogP contribution in [0.3, 0.4) is 0 Å². The van der Waals surface area contributed by atoms with Crippen LogP contribution in [-0.2, 0) is 6.54 Å². The average molecular weight is 388 g/mol. The van der Waals surface area contributed by atoms with Crippen molar-refractivity contribution < 1.29 is 14.3 Å². The molecule has 1 aliphatic rings. The summed E-state index contributed by atoms with van der Waals surface area (Å²) in [6.07, 6.45) is -0.851. The lowest BCUT2D eigenvalue weighted by Crippen LogP contribution is -2.53. The summed E-state index contributed by atoms with van der Waals surface area (Å²) in [5.41, 5.74) is 10.1. The molecule has 9 heteroatoms. The molecule has 28 heavy (non-hydrogen) atoms. The van der Waals surface area contributed by atoms with Crippen LogP contribution in [0.15, 0.2) is 16.5 Å².